The smallest absolute Gasteiger partial charge is 0.250 e. The number of hydrogen-bond acceptors (Lipinski definition) is 4. The molecular weight excluding hydrogens is 374 g/mol. The van der Waals surface area contributed by atoms with Gasteiger partial charge in [-0.2, -0.15) is 5.26 Å². The van der Waals surface area contributed by atoms with Crippen molar-refractivity contribution in [2.24, 2.45) is 5.73 Å². The Hall–Kier alpha value is -3.30. The number of aromatic nitrogens is 1. The molecule has 6 nitrogen and oxygen atoms in total. The molecule has 2 aromatic carbocycles. The van der Waals surface area contributed by atoms with E-state index in [9.17, 15) is 4.79 Å². The number of nitrogens with two attached hydrogens (primary N) is 1. The van der Waals surface area contributed by atoms with E-state index in [0.29, 0.717) is 11.1 Å². The van der Waals surface area contributed by atoms with Crippen molar-refractivity contribution in [1.82, 2.24) is 9.88 Å². The number of hydrogen-bond donors (Lipinski definition) is 2. The lowest BCUT2D eigenvalue weighted by atomic mass is 10.0. The Morgan fingerprint density at radius 3 is 2.67 bits per heavy atom. The number of H-pyrrole nitrogens is 1. The van der Waals surface area contributed by atoms with Crippen LogP contribution >= 0.6 is 0 Å². The largest absolute Gasteiger partial charge is 0.368 e. The number of nitrogens with one attached hydrogen (secondary N) is 1. The molecule has 0 saturated carbocycles. The van der Waals surface area contributed by atoms with E-state index in [1.54, 1.807) is 6.07 Å². The van der Waals surface area contributed by atoms with E-state index in [4.69, 9.17) is 11.0 Å². The summed E-state index contributed by atoms with van der Waals surface area (Å²) in [5.74, 6) is -0.368. The first kappa shape index (κ1) is 20.0. The van der Waals surface area contributed by atoms with E-state index >= 15 is 0 Å². The summed E-state index contributed by atoms with van der Waals surface area (Å²) < 4.78 is 0. The number of para-hydroxylation sites is 1. The normalized spacial score (nSPS) is 14.7. The highest BCUT2D eigenvalue weighted by Crippen LogP contribution is 2.23. The molecule has 1 fully saturated rings. The Bertz CT molecular complexity index is 1070. The molecule has 0 unspecified atom stereocenters. The molecule has 3 N–H and O–H groups in total. The maximum absolute atomic E-state index is 11.7. The number of nitriles is 1. The van der Waals surface area contributed by atoms with E-state index in [-0.39, 0.29) is 5.91 Å². The Morgan fingerprint density at radius 2 is 1.90 bits per heavy atom. The standard InChI is InChI=1S/C24H27N5O/c25-16-18-8-9-22-21(15-18)19(17-27-22)5-3-4-10-28-11-13-29(14-12-28)23-7-2-1-6-20(23)24(26)30/h1-2,6-9,15,17,27H,3-5,10-14H2,(H2,26,30). The Labute approximate surface area is 176 Å². The summed E-state index contributed by atoms with van der Waals surface area (Å²) in [6, 6.07) is 15.6. The molecule has 3 aromatic rings. The third-order valence-corrected chi connectivity index (χ3v) is 5.95. The van der Waals surface area contributed by atoms with Crippen molar-refractivity contribution in [1.29, 1.82) is 5.26 Å². The van der Waals surface area contributed by atoms with Crippen molar-refractivity contribution in [3.05, 3.63) is 65.4 Å². The van der Waals surface area contributed by atoms with Gasteiger partial charge in [0.15, 0.2) is 0 Å². The third kappa shape index (κ3) is 4.32. The molecule has 0 bridgehead atoms. The lowest BCUT2D eigenvalue weighted by Crippen LogP contribution is -2.47. The molecule has 30 heavy (non-hydrogen) atoms. The minimum absolute atomic E-state index is 0.368. The van der Waals surface area contributed by atoms with Gasteiger partial charge in [0, 0.05) is 49.0 Å². The highest BCUT2D eigenvalue weighted by atomic mass is 16.1. The van der Waals surface area contributed by atoms with Gasteiger partial charge >= 0.3 is 0 Å². The van der Waals surface area contributed by atoms with E-state index in [1.165, 1.54) is 5.56 Å². The van der Waals surface area contributed by atoms with Gasteiger partial charge in [0.25, 0.3) is 5.91 Å². The van der Waals surface area contributed by atoms with E-state index in [0.717, 1.165) is 68.6 Å². The molecule has 1 aliphatic heterocycles. The Kier molecular flexibility index (Phi) is 6.01. The number of carbonyl (C=O) groups is 1. The zero-order chi connectivity index (χ0) is 20.9. The average Bonchev–Trinajstić information content (AvgIpc) is 3.19. The molecule has 0 spiro atoms. The van der Waals surface area contributed by atoms with Crippen LogP contribution in [0, 0.1) is 11.3 Å². The predicted octanol–water partition coefficient (Wildman–Crippen LogP) is 3.28. The van der Waals surface area contributed by atoms with Crippen LogP contribution in [0.2, 0.25) is 0 Å². The molecule has 0 radical (unpaired) electrons. The molecule has 4 rings (SSSR count). The van der Waals surface area contributed by atoms with E-state index in [2.05, 4.69) is 27.0 Å². The summed E-state index contributed by atoms with van der Waals surface area (Å²) in [4.78, 5) is 19.7. The van der Waals surface area contributed by atoms with Crippen LogP contribution in [0.3, 0.4) is 0 Å². The zero-order valence-electron chi connectivity index (χ0n) is 17.1. The molecule has 154 valence electrons. The molecule has 1 saturated heterocycles. The number of benzene rings is 2. The number of carbonyl (C=O) groups excluding carboxylic acids is 1. The first-order valence-electron chi connectivity index (χ1n) is 10.5. The molecule has 1 aromatic heterocycles. The van der Waals surface area contributed by atoms with Gasteiger partial charge in [-0.3, -0.25) is 9.69 Å². The van der Waals surface area contributed by atoms with Crippen LogP contribution in [-0.4, -0.2) is 48.5 Å². The number of amides is 1. The molecule has 0 aliphatic carbocycles. The van der Waals surface area contributed by atoms with Gasteiger partial charge in [-0.15, -0.1) is 0 Å². The number of aromatic amines is 1. The van der Waals surface area contributed by atoms with Crippen LogP contribution < -0.4 is 10.6 Å². The Balaban J connectivity index is 1.25. The number of primary amides is 1. The minimum atomic E-state index is -0.368. The molecule has 0 atom stereocenters. The highest BCUT2D eigenvalue weighted by molar-refractivity contribution is 5.98. The molecule has 6 heteroatoms. The second-order valence-corrected chi connectivity index (χ2v) is 7.85. The van der Waals surface area contributed by atoms with Crippen LogP contribution in [0.15, 0.2) is 48.7 Å². The predicted molar refractivity (Wildman–Crippen MR) is 120 cm³/mol. The number of fused-ring (bicyclic) bond motifs is 1. The molecule has 1 aliphatic rings. The number of aryl methyl sites for hydroxylation is 1. The average molecular weight is 402 g/mol. The molecular formula is C24H27N5O. The number of unbranched alkanes of at least 4 members (excludes halogenated alkanes) is 1. The number of nitrogens with zero attached hydrogens (tertiary/aromatic N) is 3. The highest BCUT2D eigenvalue weighted by Gasteiger charge is 2.20. The molecule has 1 amide bonds. The SMILES string of the molecule is N#Cc1ccc2[nH]cc(CCCCN3CCN(c4ccccc4C(N)=O)CC3)c2c1. The summed E-state index contributed by atoms with van der Waals surface area (Å²) in [6.45, 7) is 4.88. The number of rotatable bonds is 7. The maximum Gasteiger partial charge on any atom is 0.250 e. The van der Waals surface area contributed by atoms with Crippen LogP contribution in [-0.2, 0) is 6.42 Å². The van der Waals surface area contributed by atoms with Gasteiger partial charge in [0.2, 0.25) is 0 Å². The summed E-state index contributed by atoms with van der Waals surface area (Å²) in [5, 5.41) is 10.3. The maximum atomic E-state index is 11.7. The lowest BCUT2D eigenvalue weighted by molar-refractivity contribution is 0.100. The monoisotopic (exact) mass is 401 g/mol. The van der Waals surface area contributed by atoms with E-state index in [1.807, 2.05) is 36.4 Å². The fourth-order valence-corrected chi connectivity index (χ4v) is 4.28. The number of piperazine rings is 1. The molecule has 2 heterocycles. The summed E-state index contributed by atoms with van der Waals surface area (Å²) >= 11 is 0. The fraction of sp³-hybridized carbons (Fsp3) is 0.333. The minimum Gasteiger partial charge on any atom is -0.368 e. The van der Waals surface area contributed by atoms with Crippen LogP contribution in [0.25, 0.3) is 10.9 Å². The van der Waals surface area contributed by atoms with Crippen LogP contribution in [0.5, 0.6) is 0 Å². The Morgan fingerprint density at radius 1 is 1.10 bits per heavy atom. The summed E-state index contributed by atoms with van der Waals surface area (Å²) in [7, 11) is 0. The van der Waals surface area contributed by atoms with Gasteiger partial charge in [-0.25, -0.2) is 0 Å². The second kappa shape index (κ2) is 9.02. The first-order chi connectivity index (χ1) is 14.7. The summed E-state index contributed by atoms with van der Waals surface area (Å²) in [5.41, 5.74) is 10.2. The van der Waals surface area contributed by atoms with Crippen molar-refractivity contribution in [3.8, 4) is 6.07 Å². The lowest BCUT2D eigenvalue weighted by Gasteiger charge is -2.36. The third-order valence-electron chi connectivity index (χ3n) is 5.95. The van der Waals surface area contributed by atoms with Crippen molar-refractivity contribution in [2.45, 2.75) is 19.3 Å². The van der Waals surface area contributed by atoms with Gasteiger partial charge in [-0.05, 0) is 61.7 Å². The number of anilines is 1. The zero-order valence-corrected chi connectivity index (χ0v) is 17.1. The van der Waals surface area contributed by atoms with Crippen molar-refractivity contribution in [2.75, 3.05) is 37.6 Å². The van der Waals surface area contributed by atoms with E-state index < -0.39 is 0 Å². The second-order valence-electron chi connectivity index (χ2n) is 7.85. The van der Waals surface area contributed by atoms with Crippen LogP contribution in [0.4, 0.5) is 5.69 Å². The van der Waals surface area contributed by atoms with Gasteiger partial charge in [-0.1, -0.05) is 12.1 Å². The van der Waals surface area contributed by atoms with Gasteiger partial charge in [0.05, 0.1) is 17.2 Å². The first-order valence-corrected chi connectivity index (χ1v) is 10.5. The van der Waals surface area contributed by atoms with Gasteiger partial charge in [0.1, 0.15) is 0 Å². The summed E-state index contributed by atoms with van der Waals surface area (Å²) in [6.07, 6.45) is 5.35. The quantitative estimate of drug-likeness (QED) is 0.595. The van der Waals surface area contributed by atoms with Crippen molar-refractivity contribution < 1.29 is 4.79 Å². The van der Waals surface area contributed by atoms with Gasteiger partial charge < -0.3 is 15.6 Å². The van der Waals surface area contributed by atoms with Crippen LogP contribution in [0.1, 0.15) is 34.3 Å². The van der Waals surface area contributed by atoms with Crippen molar-refractivity contribution >= 4 is 22.5 Å². The van der Waals surface area contributed by atoms with Crippen molar-refractivity contribution in [3.63, 3.8) is 0 Å². The fourth-order valence-electron chi connectivity index (χ4n) is 4.28. The topological polar surface area (TPSA) is 89.2 Å².